The van der Waals surface area contributed by atoms with Gasteiger partial charge in [-0.05, 0) is 22.5 Å². The molecular formula is C13H18BrN3O3. The first-order valence-electron chi connectivity index (χ1n) is 6.56. The van der Waals surface area contributed by atoms with Crippen LogP contribution in [0.4, 0.5) is 11.4 Å². The van der Waals surface area contributed by atoms with Crippen molar-refractivity contribution in [3.8, 4) is 5.75 Å². The maximum absolute atomic E-state index is 11.2. The van der Waals surface area contributed by atoms with Crippen LogP contribution in [0.3, 0.4) is 0 Å². The van der Waals surface area contributed by atoms with Crippen molar-refractivity contribution in [3.63, 3.8) is 0 Å². The van der Waals surface area contributed by atoms with E-state index in [2.05, 4.69) is 32.7 Å². The van der Waals surface area contributed by atoms with Crippen molar-refractivity contribution in [3.05, 3.63) is 26.7 Å². The number of rotatable bonds is 4. The number of methoxy groups -OCH3 is 1. The molecule has 0 bridgehead atoms. The topological polar surface area (TPSA) is 58.8 Å². The van der Waals surface area contributed by atoms with Crippen molar-refractivity contribution in [1.82, 2.24) is 4.90 Å². The highest BCUT2D eigenvalue weighted by molar-refractivity contribution is 9.10. The SMILES string of the molecule is CCN1CCN(c2cc(OC)c(Br)cc2[N+](=O)[O-])CC1. The fourth-order valence-electron chi connectivity index (χ4n) is 2.39. The Labute approximate surface area is 126 Å². The Morgan fingerprint density at radius 2 is 2.00 bits per heavy atom. The van der Waals surface area contributed by atoms with E-state index >= 15 is 0 Å². The molecule has 1 heterocycles. The van der Waals surface area contributed by atoms with Gasteiger partial charge in [-0.25, -0.2) is 0 Å². The number of likely N-dealkylation sites (N-methyl/N-ethyl adjacent to an activating group) is 1. The lowest BCUT2D eigenvalue weighted by molar-refractivity contribution is -0.384. The van der Waals surface area contributed by atoms with E-state index in [4.69, 9.17) is 4.74 Å². The quantitative estimate of drug-likeness (QED) is 0.621. The number of hydrogen-bond donors (Lipinski definition) is 0. The highest BCUT2D eigenvalue weighted by Crippen LogP contribution is 2.38. The standard InChI is InChI=1S/C13H18BrN3O3/c1-3-15-4-6-16(7-5-15)11-9-13(20-2)10(14)8-12(11)17(18)19/h8-9H,3-7H2,1-2H3. The van der Waals surface area contributed by atoms with E-state index in [1.165, 1.54) is 6.07 Å². The van der Waals surface area contributed by atoms with Crippen molar-refractivity contribution < 1.29 is 9.66 Å². The number of anilines is 1. The van der Waals surface area contributed by atoms with Crippen LogP contribution in [0.15, 0.2) is 16.6 Å². The second-order valence-electron chi connectivity index (χ2n) is 4.65. The Morgan fingerprint density at radius 1 is 1.35 bits per heavy atom. The van der Waals surface area contributed by atoms with E-state index in [1.807, 2.05) is 0 Å². The molecule has 0 unspecified atom stereocenters. The number of nitrogens with zero attached hydrogens (tertiary/aromatic N) is 3. The molecule has 0 spiro atoms. The molecule has 1 aromatic rings. The van der Waals surface area contributed by atoms with Crippen molar-refractivity contribution >= 4 is 27.3 Å². The number of halogens is 1. The minimum absolute atomic E-state index is 0.114. The van der Waals surface area contributed by atoms with Crippen LogP contribution in [0.5, 0.6) is 5.75 Å². The van der Waals surface area contributed by atoms with Crippen LogP contribution < -0.4 is 9.64 Å². The molecule has 2 rings (SSSR count). The van der Waals surface area contributed by atoms with Crippen LogP contribution in [0.2, 0.25) is 0 Å². The molecule has 6 nitrogen and oxygen atoms in total. The lowest BCUT2D eigenvalue weighted by Gasteiger charge is -2.35. The minimum Gasteiger partial charge on any atom is -0.495 e. The Bertz CT molecular complexity index is 502. The van der Waals surface area contributed by atoms with Gasteiger partial charge in [0, 0.05) is 38.3 Å². The Kier molecular flexibility index (Phi) is 4.82. The smallest absolute Gasteiger partial charge is 0.293 e. The molecule has 0 radical (unpaired) electrons. The van der Waals surface area contributed by atoms with Crippen LogP contribution in [-0.2, 0) is 0 Å². The monoisotopic (exact) mass is 343 g/mol. The molecule has 20 heavy (non-hydrogen) atoms. The molecule has 0 saturated carbocycles. The van der Waals surface area contributed by atoms with E-state index in [9.17, 15) is 10.1 Å². The Hall–Kier alpha value is -1.34. The van der Waals surface area contributed by atoms with Gasteiger partial charge in [0.05, 0.1) is 16.5 Å². The van der Waals surface area contributed by atoms with Gasteiger partial charge in [0.1, 0.15) is 11.4 Å². The molecule has 7 heteroatoms. The molecule has 0 aromatic heterocycles. The minimum atomic E-state index is -0.342. The predicted molar refractivity (Wildman–Crippen MR) is 81.7 cm³/mol. The van der Waals surface area contributed by atoms with Gasteiger partial charge < -0.3 is 14.5 Å². The predicted octanol–water partition coefficient (Wildman–Crippen LogP) is 2.51. The maximum atomic E-state index is 11.2. The molecule has 0 amide bonds. The number of nitro groups is 1. The summed E-state index contributed by atoms with van der Waals surface area (Å²) in [6.07, 6.45) is 0. The number of piperazine rings is 1. The van der Waals surface area contributed by atoms with Gasteiger partial charge >= 0.3 is 0 Å². The first-order valence-corrected chi connectivity index (χ1v) is 7.35. The summed E-state index contributed by atoms with van der Waals surface area (Å²) in [4.78, 5) is 15.3. The Balaban J connectivity index is 2.32. The van der Waals surface area contributed by atoms with Gasteiger partial charge in [0.15, 0.2) is 0 Å². The first-order chi connectivity index (χ1) is 9.56. The zero-order valence-electron chi connectivity index (χ0n) is 11.6. The summed E-state index contributed by atoms with van der Waals surface area (Å²) in [6.45, 7) is 6.57. The average Bonchev–Trinajstić information content (AvgIpc) is 2.47. The van der Waals surface area contributed by atoms with Crippen molar-refractivity contribution in [2.75, 3.05) is 44.7 Å². The number of nitro benzene ring substituents is 1. The van der Waals surface area contributed by atoms with E-state index in [1.54, 1.807) is 13.2 Å². The van der Waals surface area contributed by atoms with Gasteiger partial charge in [0.25, 0.3) is 5.69 Å². The van der Waals surface area contributed by atoms with Gasteiger partial charge in [-0.15, -0.1) is 0 Å². The molecule has 1 aliphatic rings. The van der Waals surface area contributed by atoms with E-state index in [0.717, 1.165) is 32.7 Å². The third-order valence-corrected chi connectivity index (χ3v) is 4.23. The second kappa shape index (κ2) is 6.41. The molecule has 1 aliphatic heterocycles. The second-order valence-corrected chi connectivity index (χ2v) is 5.51. The largest absolute Gasteiger partial charge is 0.495 e. The summed E-state index contributed by atoms with van der Waals surface area (Å²) in [5.74, 6) is 0.614. The number of ether oxygens (including phenoxy) is 1. The van der Waals surface area contributed by atoms with Crippen molar-refractivity contribution in [1.29, 1.82) is 0 Å². The maximum Gasteiger partial charge on any atom is 0.293 e. The van der Waals surface area contributed by atoms with Crippen molar-refractivity contribution in [2.24, 2.45) is 0 Å². The normalized spacial score (nSPS) is 16.2. The molecule has 1 fully saturated rings. The Morgan fingerprint density at radius 3 is 2.50 bits per heavy atom. The third kappa shape index (κ3) is 3.04. The molecular weight excluding hydrogens is 326 g/mol. The van der Waals surface area contributed by atoms with E-state index in [-0.39, 0.29) is 10.6 Å². The molecule has 0 N–H and O–H groups in total. The summed E-state index contributed by atoms with van der Waals surface area (Å²) in [5, 5.41) is 11.2. The van der Waals surface area contributed by atoms with Crippen LogP contribution in [0.25, 0.3) is 0 Å². The highest BCUT2D eigenvalue weighted by Gasteiger charge is 2.25. The van der Waals surface area contributed by atoms with Crippen LogP contribution in [0.1, 0.15) is 6.92 Å². The van der Waals surface area contributed by atoms with Gasteiger partial charge in [-0.2, -0.15) is 0 Å². The zero-order chi connectivity index (χ0) is 14.7. The summed E-state index contributed by atoms with van der Waals surface area (Å²) < 4.78 is 5.85. The van der Waals surface area contributed by atoms with Gasteiger partial charge in [-0.3, -0.25) is 10.1 Å². The third-order valence-electron chi connectivity index (χ3n) is 3.61. The van der Waals surface area contributed by atoms with Gasteiger partial charge in [-0.1, -0.05) is 6.92 Å². The van der Waals surface area contributed by atoms with Crippen LogP contribution in [-0.4, -0.2) is 49.7 Å². The van der Waals surface area contributed by atoms with E-state index < -0.39 is 0 Å². The van der Waals surface area contributed by atoms with Crippen LogP contribution >= 0.6 is 15.9 Å². The molecule has 0 atom stereocenters. The molecule has 110 valence electrons. The summed E-state index contributed by atoms with van der Waals surface area (Å²) in [5.41, 5.74) is 0.744. The summed E-state index contributed by atoms with van der Waals surface area (Å²) >= 11 is 3.30. The number of hydrogen-bond acceptors (Lipinski definition) is 5. The lowest BCUT2D eigenvalue weighted by atomic mass is 10.2. The lowest BCUT2D eigenvalue weighted by Crippen LogP contribution is -2.46. The van der Waals surface area contributed by atoms with Crippen LogP contribution in [0, 0.1) is 10.1 Å². The average molecular weight is 344 g/mol. The molecule has 1 aromatic carbocycles. The molecule has 1 saturated heterocycles. The summed E-state index contributed by atoms with van der Waals surface area (Å²) in [6, 6.07) is 3.25. The fraction of sp³-hybridized carbons (Fsp3) is 0.538. The molecule has 0 aliphatic carbocycles. The van der Waals surface area contributed by atoms with Crippen molar-refractivity contribution in [2.45, 2.75) is 6.92 Å². The fourth-order valence-corrected chi connectivity index (χ4v) is 2.89. The van der Waals surface area contributed by atoms with Gasteiger partial charge in [0.2, 0.25) is 0 Å². The highest BCUT2D eigenvalue weighted by atomic mass is 79.9. The number of benzene rings is 1. The zero-order valence-corrected chi connectivity index (χ0v) is 13.2. The summed E-state index contributed by atoms with van der Waals surface area (Å²) in [7, 11) is 1.56. The van der Waals surface area contributed by atoms with E-state index in [0.29, 0.717) is 15.9 Å². The first kappa shape index (κ1) is 15.1.